The topological polar surface area (TPSA) is 34.1 Å². The van der Waals surface area contributed by atoms with Gasteiger partial charge in [0, 0.05) is 29.4 Å². The van der Waals surface area contributed by atoms with E-state index in [2.05, 4.69) is 10.3 Å². The number of nitrogens with zero attached hydrogens (tertiary/aromatic N) is 1. The van der Waals surface area contributed by atoms with Crippen LogP contribution in [0.2, 0.25) is 0 Å². The molecule has 0 fully saturated rings. The molecule has 1 aromatic heterocycles. The number of aromatic nitrogens is 1. The van der Waals surface area contributed by atoms with E-state index in [1.165, 1.54) is 0 Å². The third kappa shape index (κ3) is 2.04. The Labute approximate surface area is 99.4 Å². The minimum atomic E-state index is 0.558. The van der Waals surface area contributed by atoms with E-state index in [0.717, 1.165) is 22.3 Å². The molecule has 0 spiro atoms. The van der Waals surface area contributed by atoms with Crippen LogP contribution in [0, 0.1) is 0 Å². The van der Waals surface area contributed by atoms with Crippen LogP contribution >= 0.6 is 11.6 Å². The molecule has 0 radical (unpaired) electrons. The normalized spacial score (nSPS) is 10.4. The summed E-state index contributed by atoms with van der Waals surface area (Å²) in [5.41, 5.74) is 0. The fourth-order valence-corrected chi connectivity index (χ4v) is 1.76. The molecule has 0 aliphatic rings. The standard InChI is InChI=1S/C12H13ClN2O/c1-16-11-4-2-3-10-9(11)5-7-14-12(10)15-8-6-13/h2-5,7H,6,8H2,1H3,(H,14,15). The SMILES string of the molecule is COc1cccc2c(NCCCl)nccc12. The Hall–Kier alpha value is -1.48. The molecule has 0 aliphatic carbocycles. The summed E-state index contributed by atoms with van der Waals surface area (Å²) in [4.78, 5) is 4.29. The predicted octanol–water partition coefficient (Wildman–Crippen LogP) is 2.89. The molecule has 3 nitrogen and oxygen atoms in total. The summed E-state index contributed by atoms with van der Waals surface area (Å²) in [6.07, 6.45) is 1.77. The van der Waals surface area contributed by atoms with E-state index >= 15 is 0 Å². The molecule has 1 N–H and O–H groups in total. The van der Waals surface area contributed by atoms with Crippen LogP contribution in [0.1, 0.15) is 0 Å². The van der Waals surface area contributed by atoms with E-state index in [-0.39, 0.29) is 0 Å². The molecule has 84 valence electrons. The number of hydrogen-bond donors (Lipinski definition) is 1. The average molecular weight is 237 g/mol. The average Bonchev–Trinajstić information content (AvgIpc) is 2.35. The quantitative estimate of drug-likeness (QED) is 0.829. The summed E-state index contributed by atoms with van der Waals surface area (Å²) in [7, 11) is 1.67. The maximum atomic E-state index is 5.65. The summed E-state index contributed by atoms with van der Waals surface area (Å²) in [5, 5.41) is 5.29. The zero-order valence-electron chi connectivity index (χ0n) is 9.03. The number of pyridine rings is 1. The van der Waals surface area contributed by atoms with Crippen LogP contribution in [-0.2, 0) is 0 Å². The molecule has 2 rings (SSSR count). The second-order valence-corrected chi connectivity index (χ2v) is 3.71. The molecule has 0 unspecified atom stereocenters. The van der Waals surface area contributed by atoms with Crippen molar-refractivity contribution < 1.29 is 4.74 Å². The molecule has 0 bridgehead atoms. The molecule has 0 aliphatic heterocycles. The maximum Gasteiger partial charge on any atom is 0.133 e. The van der Waals surface area contributed by atoms with Gasteiger partial charge in [0.25, 0.3) is 0 Å². The lowest BCUT2D eigenvalue weighted by atomic mass is 10.1. The fourth-order valence-electron chi connectivity index (χ4n) is 1.66. The number of hydrogen-bond acceptors (Lipinski definition) is 3. The third-order valence-corrected chi connectivity index (χ3v) is 2.56. The molecule has 1 aromatic carbocycles. The number of nitrogens with one attached hydrogen (secondary N) is 1. The number of ether oxygens (including phenoxy) is 1. The third-order valence-electron chi connectivity index (χ3n) is 2.37. The fraction of sp³-hybridized carbons (Fsp3) is 0.250. The van der Waals surface area contributed by atoms with Crippen LogP contribution in [0.4, 0.5) is 5.82 Å². The number of rotatable bonds is 4. The molecule has 2 aromatic rings. The van der Waals surface area contributed by atoms with Gasteiger partial charge < -0.3 is 10.1 Å². The van der Waals surface area contributed by atoms with Crippen LogP contribution < -0.4 is 10.1 Å². The molecule has 0 saturated heterocycles. The van der Waals surface area contributed by atoms with Crippen molar-refractivity contribution in [3.63, 3.8) is 0 Å². The molecular weight excluding hydrogens is 224 g/mol. The molecular formula is C12H13ClN2O. The highest BCUT2D eigenvalue weighted by Gasteiger charge is 2.05. The number of alkyl halides is 1. The number of anilines is 1. The van der Waals surface area contributed by atoms with Gasteiger partial charge >= 0.3 is 0 Å². The first-order valence-corrected chi connectivity index (χ1v) is 5.62. The monoisotopic (exact) mass is 236 g/mol. The van der Waals surface area contributed by atoms with E-state index < -0.39 is 0 Å². The molecule has 0 saturated carbocycles. The van der Waals surface area contributed by atoms with Crippen LogP contribution in [0.5, 0.6) is 5.75 Å². The number of benzene rings is 1. The highest BCUT2D eigenvalue weighted by molar-refractivity contribution is 6.18. The van der Waals surface area contributed by atoms with Crippen molar-refractivity contribution in [1.82, 2.24) is 4.98 Å². The molecule has 1 heterocycles. The number of fused-ring (bicyclic) bond motifs is 1. The van der Waals surface area contributed by atoms with Crippen LogP contribution in [0.15, 0.2) is 30.5 Å². The Kier molecular flexibility index (Phi) is 3.47. The highest BCUT2D eigenvalue weighted by atomic mass is 35.5. The van der Waals surface area contributed by atoms with Gasteiger partial charge in [-0.2, -0.15) is 0 Å². The van der Waals surface area contributed by atoms with Crippen molar-refractivity contribution >= 4 is 28.2 Å². The van der Waals surface area contributed by atoms with Gasteiger partial charge in [-0.3, -0.25) is 0 Å². The van der Waals surface area contributed by atoms with Gasteiger partial charge in [-0.1, -0.05) is 12.1 Å². The van der Waals surface area contributed by atoms with Gasteiger partial charge in [-0.15, -0.1) is 11.6 Å². The van der Waals surface area contributed by atoms with Crippen molar-refractivity contribution in [2.75, 3.05) is 24.9 Å². The van der Waals surface area contributed by atoms with E-state index in [0.29, 0.717) is 12.4 Å². The zero-order valence-corrected chi connectivity index (χ0v) is 9.79. The van der Waals surface area contributed by atoms with Crippen molar-refractivity contribution in [3.05, 3.63) is 30.5 Å². The maximum absolute atomic E-state index is 5.65. The lowest BCUT2D eigenvalue weighted by Gasteiger charge is -2.09. The van der Waals surface area contributed by atoms with E-state index in [9.17, 15) is 0 Å². The number of methoxy groups -OCH3 is 1. The van der Waals surface area contributed by atoms with Crippen LogP contribution in [0.3, 0.4) is 0 Å². The molecule has 16 heavy (non-hydrogen) atoms. The lowest BCUT2D eigenvalue weighted by Crippen LogP contribution is -2.04. The lowest BCUT2D eigenvalue weighted by molar-refractivity contribution is 0.420. The minimum absolute atomic E-state index is 0.558. The summed E-state index contributed by atoms with van der Waals surface area (Å²) < 4.78 is 5.31. The summed E-state index contributed by atoms with van der Waals surface area (Å²) >= 11 is 5.65. The van der Waals surface area contributed by atoms with Gasteiger partial charge in [0.05, 0.1) is 7.11 Å². The first kappa shape index (κ1) is 11.0. The highest BCUT2D eigenvalue weighted by Crippen LogP contribution is 2.28. The smallest absolute Gasteiger partial charge is 0.133 e. The van der Waals surface area contributed by atoms with Gasteiger partial charge in [0.1, 0.15) is 11.6 Å². The zero-order chi connectivity index (χ0) is 11.4. The van der Waals surface area contributed by atoms with Crippen molar-refractivity contribution in [1.29, 1.82) is 0 Å². The van der Waals surface area contributed by atoms with E-state index in [1.54, 1.807) is 13.3 Å². The van der Waals surface area contributed by atoms with Crippen LogP contribution in [-0.4, -0.2) is 24.5 Å². The van der Waals surface area contributed by atoms with Gasteiger partial charge in [0.2, 0.25) is 0 Å². The second kappa shape index (κ2) is 5.03. The first-order valence-electron chi connectivity index (χ1n) is 5.08. The van der Waals surface area contributed by atoms with Crippen molar-refractivity contribution in [2.24, 2.45) is 0 Å². The Bertz CT molecular complexity index is 487. The van der Waals surface area contributed by atoms with Gasteiger partial charge in [-0.25, -0.2) is 4.98 Å². The van der Waals surface area contributed by atoms with E-state index in [1.807, 2.05) is 24.3 Å². The first-order chi connectivity index (χ1) is 7.86. The summed E-state index contributed by atoms with van der Waals surface area (Å²) in [6, 6.07) is 7.85. The van der Waals surface area contributed by atoms with Crippen LogP contribution in [0.25, 0.3) is 10.8 Å². The van der Waals surface area contributed by atoms with Crippen molar-refractivity contribution in [2.45, 2.75) is 0 Å². The number of halogens is 1. The summed E-state index contributed by atoms with van der Waals surface area (Å²) in [5.74, 6) is 2.26. The Balaban J connectivity index is 2.51. The summed E-state index contributed by atoms with van der Waals surface area (Å²) in [6.45, 7) is 0.699. The Morgan fingerprint density at radius 3 is 2.94 bits per heavy atom. The molecule has 0 amide bonds. The molecule has 4 heteroatoms. The molecule has 0 atom stereocenters. The minimum Gasteiger partial charge on any atom is -0.496 e. The predicted molar refractivity (Wildman–Crippen MR) is 67.5 cm³/mol. The Morgan fingerprint density at radius 1 is 1.31 bits per heavy atom. The largest absolute Gasteiger partial charge is 0.496 e. The Morgan fingerprint density at radius 2 is 2.19 bits per heavy atom. The van der Waals surface area contributed by atoms with E-state index in [4.69, 9.17) is 16.3 Å². The van der Waals surface area contributed by atoms with Crippen molar-refractivity contribution in [3.8, 4) is 5.75 Å². The van der Waals surface area contributed by atoms with Gasteiger partial charge in [0.15, 0.2) is 0 Å². The van der Waals surface area contributed by atoms with Gasteiger partial charge in [-0.05, 0) is 12.1 Å². The second-order valence-electron chi connectivity index (χ2n) is 3.33.